The van der Waals surface area contributed by atoms with Gasteiger partial charge >= 0.3 is 5.97 Å². The molecule has 1 atom stereocenters. The highest BCUT2D eigenvalue weighted by molar-refractivity contribution is 5.74. The Labute approximate surface area is 76.5 Å². The van der Waals surface area contributed by atoms with Crippen LogP contribution in [-0.4, -0.2) is 31.8 Å². The van der Waals surface area contributed by atoms with Gasteiger partial charge in [-0.2, -0.15) is 0 Å². The fourth-order valence-corrected chi connectivity index (χ4v) is 0.643. The third-order valence-corrected chi connectivity index (χ3v) is 1.24. The minimum absolute atomic E-state index is 0.222. The molecule has 0 aliphatic rings. The maximum Gasteiger partial charge on any atom is 0.334 e. The van der Waals surface area contributed by atoms with E-state index < -0.39 is 12.1 Å². The van der Waals surface area contributed by atoms with Gasteiger partial charge in [-0.05, 0) is 19.4 Å². The summed E-state index contributed by atoms with van der Waals surface area (Å²) < 4.78 is 9.71. The number of azide groups is 1. The zero-order valence-electron chi connectivity index (χ0n) is 7.77. The first-order valence-electron chi connectivity index (χ1n) is 4.01. The van der Waals surface area contributed by atoms with Crippen molar-refractivity contribution in [3.8, 4) is 0 Å². The van der Waals surface area contributed by atoms with Crippen molar-refractivity contribution in [3.05, 3.63) is 10.4 Å². The Bertz CT molecular complexity index is 201. The van der Waals surface area contributed by atoms with E-state index in [0.717, 1.165) is 0 Å². The zero-order valence-corrected chi connectivity index (χ0v) is 7.77. The quantitative estimate of drug-likeness (QED) is 0.206. The molecular weight excluding hydrogens is 174 g/mol. The van der Waals surface area contributed by atoms with Gasteiger partial charge < -0.3 is 9.47 Å². The third kappa shape index (κ3) is 5.95. The number of nitrogens with zero attached hydrogens (tertiary/aromatic N) is 3. The van der Waals surface area contributed by atoms with Crippen LogP contribution in [0.1, 0.15) is 13.8 Å². The molecule has 0 aromatic heterocycles. The SMILES string of the molecule is CCOC(=O)C(C)OCCN=[N+]=[N-]. The number of rotatable bonds is 6. The molecule has 0 radical (unpaired) electrons. The van der Waals surface area contributed by atoms with Crippen molar-refractivity contribution < 1.29 is 14.3 Å². The molecule has 0 N–H and O–H groups in total. The summed E-state index contributed by atoms with van der Waals surface area (Å²) in [5.41, 5.74) is 7.94. The molecule has 0 rings (SSSR count). The van der Waals surface area contributed by atoms with Crippen LogP contribution in [0.15, 0.2) is 5.11 Å². The second-order valence-electron chi connectivity index (χ2n) is 2.22. The van der Waals surface area contributed by atoms with Crippen LogP contribution in [0.3, 0.4) is 0 Å². The van der Waals surface area contributed by atoms with Crippen molar-refractivity contribution in [1.29, 1.82) is 0 Å². The fourth-order valence-electron chi connectivity index (χ4n) is 0.643. The number of hydrogen-bond acceptors (Lipinski definition) is 4. The minimum Gasteiger partial charge on any atom is -0.464 e. The molecule has 0 heterocycles. The summed E-state index contributed by atoms with van der Waals surface area (Å²) >= 11 is 0. The lowest BCUT2D eigenvalue weighted by Crippen LogP contribution is -2.24. The second-order valence-corrected chi connectivity index (χ2v) is 2.22. The van der Waals surface area contributed by atoms with E-state index in [9.17, 15) is 4.79 Å². The number of carbonyl (C=O) groups excluding carboxylic acids is 1. The van der Waals surface area contributed by atoms with E-state index in [1.807, 2.05) is 0 Å². The Morgan fingerprint density at radius 3 is 2.92 bits per heavy atom. The van der Waals surface area contributed by atoms with Gasteiger partial charge in [0.05, 0.1) is 13.2 Å². The van der Waals surface area contributed by atoms with E-state index in [2.05, 4.69) is 10.0 Å². The van der Waals surface area contributed by atoms with Gasteiger partial charge in [0.15, 0.2) is 6.10 Å². The molecule has 0 fully saturated rings. The van der Waals surface area contributed by atoms with Crippen molar-refractivity contribution in [3.63, 3.8) is 0 Å². The standard InChI is InChI=1S/C7H13N3O3/c1-3-12-7(11)6(2)13-5-4-9-10-8/h6H,3-5H2,1-2H3. The minimum atomic E-state index is -0.603. The summed E-state index contributed by atoms with van der Waals surface area (Å²) in [5.74, 6) is -0.400. The molecule has 0 saturated carbocycles. The molecule has 74 valence electrons. The molecule has 13 heavy (non-hydrogen) atoms. The summed E-state index contributed by atoms with van der Waals surface area (Å²) in [7, 11) is 0. The van der Waals surface area contributed by atoms with E-state index in [0.29, 0.717) is 6.61 Å². The molecule has 1 unspecified atom stereocenters. The maximum atomic E-state index is 11.0. The normalized spacial score (nSPS) is 11.5. The molecular formula is C7H13N3O3. The summed E-state index contributed by atoms with van der Waals surface area (Å²) in [6, 6.07) is 0. The highest BCUT2D eigenvalue weighted by Gasteiger charge is 2.13. The largest absolute Gasteiger partial charge is 0.464 e. The van der Waals surface area contributed by atoms with Crippen LogP contribution in [0.5, 0.6) is 0 Å². The summed E-state index contributed by atoms with van der Waals surface area (Å²) in [6.45, 7) is 4.10. The topological polar surface area (TPSA) is 84.3 Å². The van der Waals surface area contributed by atoms with Gasteiger partial charge in [0.2, 0.25) is 0 Å². The van der Waals surface area contributed by atoms with Crippen molar-refractivity contribution in [2.24, 2.45) is 5.11 Å². The van der Waals surface area contributed by atoms with Crippen LogP contribution in [0.2, 0.25) is 0 Å². The van der Waals surface area contributed by atoms with Crippen LogP contribution >= 0.6 is 0 Å². The van der Waals surface area contributed by atoms with Crippen molar-refractivity contribution in [2.45, 2.75) is 20.0 Å². The van der Waals surface area contributed by atoms with Crippen molar-refractivity contribution in [1.82, 2.24) is 0 Å². The molecule has 6 heteroatoms. The van der Waals surface area contributed by atoms with Crippen LogP contribution in [0.25, 0.3) is 10.4 Å². The molecule has 0 aliphatic carbocycles. The molecule has 0 saturated heterocycles. The average molecular weight is 187 g/mol. The molecule has 0 bridgehead atoms. The Morgan fingerprint density at radius 1 is 1.69 bits per heavy atom. The van der Waals surface area contributed by atoms with Crippen LogP contribution < -0.4 is 0 Å². The molecule has 0 spiro atoms. The van der Waals surface area contributed by atoms with E-state index >= 15 is 0 Å². The second kappa shape index (κ2) is 7.39. The molecule has 0 aromatic carbocycles. The number of hydrogen-bond donors (Lipinski definition) is 0. The molecule has 0 aromatic rings. The van der Waals surface area contributed by atoms with Gasteiger partial charge in [-0.3, -0.25) is 0 Å². The highest BCUT2D eigenvalue weighted by Crippen LogP contribution is 1.94. The summed E-state index contributed by atoms with van der Waals surface area (Å²) in [6.07, 6.45) is -0.603. The predicted octanol–water partition coefficient (Wildman–Crippen LogP) is 1.26. The van der Waals surface area contributed by atoms with Gasteiger partial charge in [-0.1, -0.05) is 5.11 Å². The highest BCUT2D eigenvalue weighted by atomic mass is 16.6. The first kappa shape index (κ1) is 11.7. The van der Waals surface area contributed by atoms with E-state index in [-0.39, 0.29) is 13.2 Å². The van der Waals surface area contributed by atoms with Gasteiger partial charge in [-0.15, -0.1) is 0 Å². The van der Waals surface area contributed by atoms with Gasteiger partial charge in [0, 0.05) is 11.5 Å². The average Bonchev–Trinajstić information content (AvgIpc) is 2.12. The first-order chi connectivity index (χ1) is 6.22. The smallest absolute Gasteiger partial charge is 0.334 e. The monoisotopic (exact) mass is 187 g/mol. The molecule has 0 aliphatic heterocycles. The molecule has 6 nitrogen and oxygen atoms in total. The fraction of sp³-hybridized carbons (Fsp3) is 0.857. The van der Waals surface area contributed by atoms with E-state index in [1.165, 1.54) is 0 Å². The molecule has 0 amide bonds. The van der Waals surface area contributed by atoms with Crippen LogP contribution in [0.4, 0.5) is 0 Å². The van der Waals surface area contributed by atoms with Crippen LogP contribution in [0, 0.1) is 0 Å². The number of esters is 1. The maximum absolute atomic E-state index is 11.0. The van der Waals surface area contributed by atoms with Crippen LogP contribution in [-0.2, 0) is 14.3 Å². The Kier molecular flexibility index (Phi) is 6.68. The van der Waals surface area contributed by atoms with Gasteiger partial charge in [0.25, 0.3) is 0 Å². The summed E-state index contributed by atoms with van der Waals surface area (Å²) in [5, 5.41) is 3.25. The van der Waals surface area contributed by atoms with E-state index in [1.54, 1.807) is 13.8 Å². The van der Waals surface area contributed by atoms with Gasteiger partial charge in [0.1, 0.15) is 0 Å². The summed E-state index contributed by atoms with van der Waals surface area (Å²) in [4.78, 5) is 13.5. The third-order valence-electron chi connectivity index (χ3n) is 1.24. The predicted molar refractivity (Wildman–Crippen MR) is 46.1 cm³/mol. The lowest BCUT2D eigenvalue weighted by molar-refractivity contribution is -0.155. The lowest BCUT2D eigenvalue weighted by Gasteiger charge is -2.10. The Balaban J connectivity index is 3.54. The van der Waals surface area contributed by atoms with E-state index in [4.69, 9.17) is 15.0 Å². The van der Waals surface area contributed by atoms with Crippen molar-refractivity contribution in [2.75, 3.05) is 19.8 Å². The van der Waals surface area contributed by atoms with Crippen molar-refractivity contribution >= 4 is 5.97 Å². The Hall–Kier alpha value is -1.26. The Morgan fingerprint density at radius 2 is 2.38 bits per heavy atom. The zero-order chi connectivity index (χ0) is 10.1. The van der Waals surface area contributed by atoms with Gasteiger partial charge in [-0.25, -0.2) is 4.79 Å². The number of ether oxygens (including phenoxy) is 2. The number of carbonyl (C=O) groups is 1. The first-order valence-corrected chi connectivity index (χ1v) is 4.01. The lowest BCUT2D eigenvalue weighted by atomic mass is 10.4.